The summed E-state index contributed by atoms with van der Waals surface area (Å²) >= 11 is 0. The van der Waals surface area contributed by atoms with Gasteiger partial charge in [0, 0.05) is 71.9 Å². The Morgan fingerprint density at radius 3 is 1.29 bits per heavy atom. The van der Waals surface area contributed by atoms with Crippen LogP contribution in [0.15, 0.2) is 25.5 Å². The van der Waals surface area contributed by atoms with Crippen LogP contribution < -0.4 is 0 Å². The molecule has 0 aliphatic carbocycles. The van der Waals surface area contributed by atoms with Gasteiger partial charge in [0.15, 0.2) is 0 Å². The molecule has 2 atom stereocenters. The number of allylic oxidation sites excluding steroid dienone is 1. The average molecular weight is 1080 g/mol. The van der Waals surface area contributed by atoms with Crippen LogP contribution >= 0.6 is 0 Å². The Kier molecular flexibility index (Phi) is 68.1. The maximum absolute atomic E-state index is 11.9. The first-order chi connectivity index (χ1) is 36.9. The smallest absolute Gasteiger partial charge is 0.306 e. The Bertz CT molecular complexity index is 1250. The van der Waals surface area contributed by atoms with Crippen molar-refractivity contribution in [3.63, 3.8) is 0 Å². The number of unbranched alkanes of at least 4 members (excludes halogenated alkanes) is 20. The summed E-state index contributed by atoms with van der Waals surface area (Å²) in [6, 6.07) is 0. The van der Waals surface area contributed by atoms with Gasteiger partial charge in [-0.05, 0) is 51.0 Å². The van der Waals surface area contributed by atoms with Gasteiger partial charge >= 0.3 is 17.9 Å². The molecule has 0 bridgehead atoms. The molecule has 1 saturated heterocycles. The van der Waals surface area contributed by atoms with Crippen LogP contribution in [-0.4, -0.2) is 122 Å². The fourth-order valence-electron chi connectivity index (χ4n) is 8.17. The van der Waals surface area contributed by atoms with Crippen LogP contribution in [0.5, 0.6) is 0 Å². The Morgan fingerprint density at radius 1 is 0.513 bits per heavy atom. The second kappa shape index (κ2) is 65.7. The number of aldehydes is 2. The first-order valence-electron chi connectivity index (χ1n) is 29.8. The van der Waals surface area contributed by atoms with Crippen molar-refractivity contribution in [3.8, 4) is 0 Å². The van der Waals surface area contributed by atoms with Crippen molar-refractivity contribution in [2.45, 2.75) is 246 Å². The summed E-state index contributed by atoms with van der Waals surface area (Å²) < 4.78 is 36.1. The Hall–Kier alpha value is -3.62. The number of carbonyl (C=O) groups excluding carboxylic acids is 6. The van der Waals surface area contributed by atoms with Crippen molar-refractivity contribution in [1.29, 1.82) is 0 Å². The number of likely N-dealkylation sites (N-methyl/N-ethyl adjacent to an activating group) is 1. The van der Waals surface area contributed by atoms with Crippen molar-refractivity contribution in [2.24, 2.45) is 17.8 Å². The number of esters is 3. The van der Waals surface area contributed by atoms with E-state index >= 15 is 0 Å². The van der Waals surface area contributed by atoms with Crippen LogP contribution in [0, 0.1) is 17.8 Å². The number of hydrogen-bond acceptors (Lipinski definition) is 14. The van der Waals surface area contributed by atoms with E-state index in [1.54, 1.807) is 14.2 Å². The van der Waals surface area contributed by atoms with Crippen LogP contribution in [0.25, 0.3) is 0 Å². The van der Waals surface area contributed by atoms with Crippen LogP contribution in [0.1, 0.15) is 240 Å². The molecular formula is C62H117NO13. The third-order valence-corrected chi connectivity index (χ3v) is 12.8. The van der Waals surface area contributed by atoms with Gasteiger partial charge < -0.3 is 47.6 Å². The lowest BCUT2D eigenvalue weighted by Gasteiger charge is -2.16. The highest BCUT2D eigenvalue weighted by atomic mass is 16.6. The standard InChI is InChI=1S/C23H44O4.C16H28O3.C12H21NO5.C9H20O.C2H4/c1-4-7-9-11-13-15-17-26-22(24)19-21(6-3)20-23(25)27-18-16-14-12-10-8-5-2;1-3-4-5-6-7-8-13-19-15(2)14-16(9-11-17)10-12-18;1-13-4-3-11(6-13)18-12(15)5-10(7-16-2)8-17-9-14;1-3-4-5-6-7-8-9-10-2;1-2/h21H,4-20H2,1-3H3;11-12,16H,2-10,13-14H2,1H3;9-11H,3-8H2,1-2H3;3-9H2,1-2H3;1-2H2. The minimum absolute atomic E-state index is 0.0160. The second-order valence-corrected chi connectivity index (χ2v) is 20.1. The van der Waals surface area contributed by atoms with Crippen molar-refractivity contribution in [3.05, 3.63) is 25.5 Å². The van der Waals surface area contributed by atoms with Gasteiger partial charge in [-0.25, -0.2) is 0 Å². The number of ether oxygens (including phenoxy) is 7. The minimum Gasteiger partial charge on any atom is -0.499 e. The van der Waals surface area contributed by atoms with Gasteiger partial charge in [-0.3, -0.25) is 19.2 Å². The molecule has 0 N–H and O–H groups in total. The van der Waals surface area contributed by atoms with Gasteiger partial charge in [0.1, 0.15) is 18.7 Å². The Balaban J connectivity index is -0.000000470. The average Bonchev–Trinajstić information content (AvgIpc) is 3.82. The molecule has 1 rings (SSSR count). The van der Waals surface area contributed by atoms with Crippen LogP contribution in [0.2, 0.25) is 0 Å². The maximum atomic E-state index is 11.9. The maximum Gasteiger partial charge on any atom is 0.306 e. The van der Waals surface area contributed by atoms with E-state index in [1.165, 1.54) is 122 Å². The summed E-state index contributed by atoms with van der Waals surface area (Å²) in [5.74, 6) is 0.00497. The molecule has 1 heterocycles. The SMILES string of the molecule is C=C.C=C(CC(CC=O)CC=O)OCCCCCCCC.CCCCCCCCOC.CCCCCCCCOC(=O)CC(CC)CC(=O)OCCCCCCCC.COCC(COC=O)CC(=O)OC1CCN(C)C1. The van der Waals surface area contributed by atoms with Crippen LogP contribution in [0.3, 0.4) is 0 Å². The summed E-state index contributed by atoms with van der Waals surface area (Å²) in [7, 11) is 5.32. The number of likely N-dealkylation sites (tertiary alicyclic amines) is 1. The molecule has 14 heteroatoms. The molecule has 0 spiro atoms. The highest BCUT2D eigenvalue weighted by Crippen LogP contribution is 2.19. The van der Waals surface area contributed by atoms with Crippen molar-refractivity contribution < 1.29 is 61.9 Å². The summed E-state index contributed by atoms with van der Waals surface area (Å²) in [5.41, 5.74) is 0. The zero-order valence-corrected chi connectivity index (χ0v) is 50.2. The van der Waals surface area contributed by atoms with E-state index < -0.39 is 0 Å². The molecule has 14 nitrogen and oxygen atoms in total. The van der Waals surface area contributed by atoms with E-state index in [1.807, 2.05) is 14.0 Å². The largest absolute Gasteiger partial charge is 0.499 e. The van der Waals surface area contributed by atoms with Crippen molar-refractivity contribution >= 4 is 37.0 Å². The number of carbonyl (C=O) groups is 6. The Labute approximate surface area is 465 Å². The molecule has 1 aliphatic rings. The highest BCUT2D eigenvalue weighted by molar-refractivity contribution is 5.73. The molecule has 1 fully saturated rings. The van der Waals surface area contributed by atoms with E-state index in [9.17, 15) is 28.8 Å². The highest BCUT2D eigenvalue weighted by Gasteiger charge is 2.25. The van der Waals surface area contributed by atoms with Gasteiger partial charge in [0.05, 0.1) is 45.2 Å². The van der Waals surface area contributed by atoms with Gasteiger partial charge in [0.2, 0.25) is 0 Å². The molecule has 0 radical (unpaired) electrons. The predicted octanol–water partition coefficient (Wildman–Crippen LogP) is 14.5. The third kappa shape index (κ3) is 61.2. The molecule has 0 aromatic rings. The first-order valence-corrected chi connectivity index (χ1v) is 29.8. The molecule has 0 aromatic carbocycles. The minimum atomic E-state index is -0.258. The fraction of sp³-hybridized carbons (Fsp3) is 0.839. The van der Waals surface area contributed by atoms with Crippen molar-refractivity contribution in [2.75, 3.05) is 74.0 Å². The summed E-state index contributed by atoms with van der Waals surface area (Å²) in [4.78, 5) is 68.8. The molecule has 2 unspecified atom stereocenters. The first kappa shape index (κ1) is 78.9. The zero-order chi connectivity index (χ0) is 57.6. The predicted molar refractivity (Wildman–Crippen MR) is 310 cm³/mol. The zero-order valence-electron chi connectivity index (χ0n) is 50.2. The number of nitrogens with zero attached hydrogens (tertiary/aromatic N) is 1. The number of hydrogen-bond donors (Lipinski definition) is 0. The molecule has 0 aromatic heterocycles. The lowest BCUT2D eigenvalue weighted by molar-refractivity contribution is -0.151. The van der Waals surface area contributed by atoms with Crippen molar-refractivity contribution in [1.82, 2.24) is 4.90 Å². The van der Waals surface area contributed by atoms with Gasteiger partial charge in [-0.2, -0.15) is 0 Å². The Morgan fingerprint density at radius 2 is 0.921 bits per heavy atom. The summed E-state index contributed by atoms with van der Waals surface area (Å²) in [5, 5.41) is 0. The molecule has 1 aliphatic heterocycles. The monoisotopic (exact) mass is 1080 g/mol. The quantitative estimate of drug-likeness (QED) is 0.0141. The van der Waals surface area contributed by atoms with Gasteiger partial charge in [0.25, 0.3) is 6.47 Å². The summed E-state index contributed by atoms with van der Waals surface area (Å²) in [6.07, 6.45) is 35.2. The number of methoxy groups -OCH3 is 2. The van der Waals surface area contributed by atoms with Gasteiger partial charge in [-0.1, -0.05) is 176 Å². The number of rotatable bonds is 48. The van der Waals surface area contributed by atoms with Crippen LogP contribution in [-0.2, 0) is 61.9 Å². The lowest BCUT2D eigenvalue weighted by Crippen LogP contribution is -2.25. The molecule has 0 amide bonds. The molecule has 76 heavy (non-hydrogen) atoms. The van der Waals surface area contributed by atoms with E-state index in [0.29, 0.717) is 70.8 Å². The van der Waals surface area contributed by atoms with E-state index in [2.05, 4.69) is 57.1 Å². The molecular weight excluding hydrogens is 967 g/mol. The molecule has 448 valence electrons. The normalized spacial score (nSPS) is 13.0. The van der Waals surface area contributed by atoms with Gasteiger partial charge in [-0.15, -0.1) is 13.2 Å². The third-order valence-electron chi connectivity index (χ3n) is 12.8. The van der Waals surface area contributed by atoms with E-state index in [0.717, 1.165) is 77.2 Å². The van der Waals surface area contributed by atoms with E-state index in [4.69, 9.17) is 28.4 Å². The topological polar surface area (TPSA) is 170 Å². The van der Waals surface area contributed by atoms with Crippen LogP contribution in [0.4, 0.5) is 0 Å². The summed E-state index contributed by atoms with van der Waals surface area (Å²) in [6.45, 7) is 26.0. The van der Waals surface area contributed by atoms with E-state index in [-0.39, 0.29) is 54.8 Å². The lowest BCUT2D eigenvalue weighted by atomic mass is 9.98. The molecule has 0 saturated carbocycles. The fourth-order valence-corrected chi connectivity index (χ4v) is 8.17. The second-order valence-electron chi connectivity index (χ2n) is 20.1.